The minimum atomic E-state index is -0.865. The summed E-state index contributed by atoms with van der Waals surface area (Å²) in [4.78, 5) is 22.5. The summed E-state index contributed by atoms with van der Waals surface area (Å²) in [5.74, 6) is 0.562. The lowest BCUT2D eigenvalue weighted by molar-refractivity contribution is -0.386. The summed E-state index contributed by atoms with van der Waals surface area (Å²) in [6.45, 7) is 3.50. The van der Waals surface area contributed by atoms with Crippen molar-refractivity contribution in [3.63, 3.8) is 0 Å². The minimum absolute atomic E-state index is 0.0672. The van der Waals surface area contributed by atoms with Gasteiger partial charge in [0.25, 0.3) is 0 Å². The fraction of sp³-hybridized carbons (Fsp3) is 0.562. The number of rotatable bonds is 5. The zero-order chi connectivity index (χ0) is 15.9. The van der Waals surface area contributed by atoms with E-state index in [2.05, 4.69) is 0 Å². The van der Waals surface area contributed by atoms with E-state index >= 15 is 0 Å². The van der Waals surface area contributed by atoms with Crippen LogP contribution in [0.1, 0.15) is 56.1 Å². The Morgan fingerprint density at radius 2 is 2.00 bits per heavy atom. The first-order valence-electron chi connectivity index (χ1n) is 7.66. The van der Waals surface area contributed by atoms with Crippen LogP contribution >= 0.6 is 0 Å². The molecule has 1 saturated carbocycles. The topological polar surface area (TPSA) is 78.7 Å². The van der Waals surface area contributed by atoms with E-state index in [1.807, 2.05) is 0 Å². The normalized spacial score (nSPS) is 23.0. The Morgan fingerprint density at radius 1 is 1.36 bits per heavy atom. The molecule has 3 unspecified atom stereocenters. The van der Waals surface area contributed by atoms with Crippen LogP contribution in [-0.4, -0.2) is 23.6 Å². The highest BCUT2D eigenvalue weighted by Crippen LogP contribution is 2.55. The van der Waals surface area contributed by atoms with Gasteiger partial charge in [-0.3, -0.25) is 10.1 Å². The highest BCUT2D eigenvalue weighted by atomic mass is 16.6. The van der Waals surface area contributed by atoms with Gasteiger partial charge in [-0.2, -0.15) is 0 Å². The van der Waals surface area contributed by atoms with E-state index in [1.54, 1.807) is 26.0 Å². The van der Waals surface area contributed by atoms with E-state index in [0.29, 0.717) is 11.8 Å². The predicted octanol–water partition coefficient (Wildman–Crippen LogP) is 3.29. The fourth-order valence-corrected chi connectivity index (χ4v) is 3.59. The number of ether oxygens (including phenoxy) is 2. The average Bonchev–Trinajstić information content (AvgIpc) is 3.08. The van der Waals surface area contributed by atoms with Crippen LogP contribution in [0.4, 0.5) is 5.69 Å². The largest absolute Gasteiger partial charge is 0.472 e. The van der Waals surface area contributed by atoms with E-state index in [1.165, 1.54) is 0 Å². The first kappa shape index (κ1) is 14.8. The van der Waals surface area contributed by atoms with Crippen molar-refractivity contribution in [2.24, 2.45) is 0 Å². The van der Waals surface area contributed by atoms with Gasteiger partial charge in [0.05, 0.1) is 11.5 Å². The number of benzene rings is 1. The van der Waals surface area contributed by atoms with E-state index < -0.39 is 17.0 Å². The predicted molar refractivity (Wildman–Crippen MR) is 79.2 cm³/mol. The van der Waals surface area contributed by atoms with E-state index in [4.69, 9.17) is 9.47 Å². The van der Waals surface area contributed by atoms with Crippen molar-refractivity contribution in [2.45, 2.75) is 51.0 Å². The molecule has 0 aliphatic heterocycles. The van der Waals surface area contributed by atoms with Crippen molar-refractivity contribution in [3.05, 3.63) is 33.4 Å². The highest BCUT2D eigenvalue weighted by molar-refractivity contribution is 5.75. The number of nitro groups is 1. The number of esters is 1. The zero-order valence-corrected chi connectivity index (χ0v) is 12.7. The standard InChI is InChI=1S/C16H19NO5/c1-3-21-16(18)9(2)22-15-8-13-11-5-4-10(6-11)12(13)7-14(15)17(19)20/h7-11H,3-6H2,1-2H3. The molecule has 0 aromatic heterocycles. The van der Waals surface area contributed by atoms with Crippen LogP contribution in [0.3, 0.4) is 0 Å². The maximum Gasteiger partial charge on any atom is 0.347 e. The van der Waals surface area contributed by atoms with Crippen molar-refractivity contribution in [1.82, 2.24) is 0 Å². The molecule has 22 heavy (non-hydrogen) atoms. The first-order chi connectivity index (χ1) is 10.5. The third kappa shape index (κ3) is 2.42. The van der Waals surface area contributed by atoms with Crippen molar-refractivity contribution >= 4 is 11.7 Å². The second-order valence-electron chi connectivity index (χ2n) is 5.92. The monoisotopic (exact) mass is 305 g/mol. The second kappa shape index (κ2) is 5.59. The molecule has 0 saturated heterocycles. The van der Waals surface area contributed by atoms with Crippen molar-refractivity contribution in [2.75, 3.05) is 6.61 Å². The van der Waals surface area contributed by atoms with E-state index in [9.17, 15) is 14.9 Å². The lowest BCUT2D eigenvalue weighted by Crippen LogP contribution is -2.26. The number of carbonyl (C=O) groups excluding carboxylic acids is 1. The lowest BCUT2D eigenvalue weighted by atomic mass is 9.91. The number of hydrogen-bond acceptors (Lipinski definition) is 5. The van der Waals surface area contributed by atoms with Crippen LogP contribution in [0.2, 0.25) is 0 Å². The van der Waals surface area contributed by atoms with Gasteiger partial charge in [0, 0.05) is 6.07 Å². The Morgan fingerprint density at radius 3 is 2.59 bits per heavy atom. The molecule has 6 nitrogen and oxygen atoms in total. The summed E-state index contributed by atoms with van der Waals surface area (Å²) < 4.78 is 10.4. The SMILES string of the molecule is CCOC(=O)C(C)Oc1cc2c(cc1[N+](=O)[O-])C1CCC2C1. The Kier molecular flexibility index (Phi) is 3.76. The Hall–Kier alpha value is -2.11. The molecule has 2 aliphatic carbocycles. The molecule has 2 aliphatic rings. The van der Waals surface area contributed by atoms with Gasteiger partial charge in [-0.25, -0.2) is 4.79 Å². The summed E-state index contributed by atoms with van der Waals surface area (Å²) in [6.07, 6.45) is 2.44. The molecule has 0 spiro atoms. The van der Waals surface area contributed by atoms with Crippen molar-refractivity contribution in [3.8, 4) is 5.75 Å². The molecule has 2 bridgehead atoms. The Bertz CT molecular complexity index is 627. The molecule has 0 radical (unpaired) electrons. The molecule has 1 aromatic rings. The van der Waals surface area contributed by atoms with Crippen LogP contribution in [-0.2, 0) is 9.53 Å². The molecule has 118 valence electrons. The van der Waals surface area contributed by atoms with Gasteiger partial charge in [-0.1, -0.05) is 0 Å². The molecule has 3 atom stereocenters. The molecular weight excluding hydrogens is 286 g/mol. The van der Waals surface area contributed by atoms with Crippen LogP contribution in [0.15, 0.2) is 12.1 Å². The minimum Gasteiger partial charge on any atom is -0.472 e. The number of nitro benzene ring substituents is 1. The van der Waals surface area contributed by atoms with Crippen LogP contribution in [0.5, 0.6) is 5.75 Å². The van der Waals surface area contributed by atoms with Crippen molar-refractivity contribution in [1.29, 1.82) is 0 Å². The summed E-state index contributed by atoms with van der Waals surface area (Å²) in [5.41, 5.74) is 2.16. The van der Waals surface area contributed by atoms with E-state index in [0.717, 1.165) is 30.4 Å². The molecule has 0 heterocycles. The second-order valence-corrected chi connectivity index (χ2v) is 5.92. The summed E-state index contributed by atoms with van der Waals surface area (Å²) in [5, 5.41) is 11.3. The van der Waals surface area contributed by atoms with Gasteiger partial charge in [-0.05, 0) is 62.1 Å². The fourth-order valence-electron chi connectivity index (χ4n) is 3.59. The molecule has 6 heteroatoms. The number of hydrogen-bond donors (Lipinski definition) is 0. The summed E-state index contributed by atoms with van der Waals surface area (Å²) in [7, 11) is 0. The van der Waals surface area contributed by atoms with Gasteiger partial charge < -0.3 is 9.47 Å². The van der Waals surface area contributed by atoms with Gasteiger partial charge in [-0.15, -0.1) is 0 Å². The van der Waals surface area contributed by atoms with E-state index in [-0.39, 0.29) is 18.0 Å². The molecule has 1 aromatic carbocycles. The number of fused-ring (bicyclic) bond motifs is 5. The third-order valence-corrected chi connectivity index (χ3v) is 4.60. The summed E-state index contributed by atoms with van der Waals surface area (Å²) in [6, 6.07) is 3.39. The van der Waals surface area contributed by atoms with Crippen molar-refractivity contribution < 1.29 is 19.2 Å². The Labute approximate surface area is 128 Å². The van der Waals surface area contributed by atoms with Gasteiger partial charge in [0.1, 0.15) is 0 Å². The lowest BCUT2D eigenvalue weighted by Gasteiger charge is -2.18. The number of carbonyl (C=O) groups is 1. The Balaban J connectivity index is 1.92. The van der Waals surface area contributed by atoms with Gasteiger partial charge in [0.2, 0.25) is 0 Å². The third-order valence-electron chi connectivity index (χ3n) is 4.60. The molecule has 0 amide bonds. The average molecular weight is 305 g/mol. The van der Waals surface area contributed by atoms with Gasteiger partial charge >= 0.3 is 11.7 Å². The maximum absolute atomic E-state index is 11.7. The maximum atomic E-state index is 11.7. The van der Waals surface area contributed by atoms with Crippen LogP contribution in [0, 0.1) is 10.1 Å². The summed E-state index contributed by atoms with van der Waals surface area (Å²) >= 11 is 0. The van der Waals surface area contributed by atoms with Crippen LogP contribution in [0.25, 0.3) is 0 Å². The quantitative estimate of drug-likeness (QED) is 0.474. The molecule has 1 fully saturated rings. The first-order valence-corrected chi connectivity index (χ1v) is 7.66. The van der Waals surface area contributed by atoms with Crippen LogP contribution < -0.4 is 4.74 Å². The molecule has 3 rings (SSSR count). The zero-order valence-electron chi connectivity index (χ0n) is 12.7. The molecule has 0 N–H and O–H groups in total. The molecular formula is C16H19NO5. The number of nitrogens with zero attached hydrogens (tertiary/aromatic N) is 1. The highest BCUT2D eigenvalue weighted by Gasteiger charge is 2.39. The van der Waals surface area contributed by atoms with Gasteiger partial charge in [0.15, 0.2) is 11.9 Å². The smallest absolute Gasteiger partial charge is 0.347 e.